The van der Waals surface area contributed by atoms with Gasteiger partial charge in [0.05, 0.1) is 22.2 Å². The van der Waals surface area contributed by atoms with E-state index in [1.807, 2.05) is 4.72 Å². The van der Waals surface area contributed by atoms with Crippen molar-refractivity contribution in [2.75, 3.05) is 11.4 Å². The van der Waals surface area contributed by atoms with E-state index in [0.717, 1.165) is 6.07 Å². The second-order valence-electron chi connectivity index (χ2n) is 5.97. The Labute approximate surface area is 171 Å². The fourth-order valence-electron chi connectivity index (χ4n) is 2.67. The summed E-state index contributed by atoms with van der Waals surface area (Å²) in [5.41, 5.74) is -0.234. The van der Waals surface area contributed by atoms with E-state index in [-0.39, 0.29) is 21.3 Å². The van der Waals surface area contributed by atoms with Gasteiger partial charge >= 0.3 is 0 Å². The average molecular weight is 498 g/mol. The minimum atomic E-state index is -4.34. The van der Waals surface area contributed by atoms with Crippen LogP contribution in [0.15, 0.2) is 45.9 Å². The topological polar surface area (TPSA) is 71.3 Å². The second kappa shape index (κ2) is 7.94. The highest BCUT2D eigenvalue weighted by atomic mass is 79.9. The van der Waals surface area contributed by atoms with Crippen molar-refractivity contribution >= 4 is 54.1 Å². The van der Waals surface area contributed by atoms with Crippen molar-refractivity contribution in [2.24, 2.45) is 0 Å². The van der Waals surface area contributed by atoms with E-state index in [1.165, 1.54) is 29.0 Å². The number of alkyl halides is 1. The van der Waals surface area contributed by atoms with Crippen LogP contribution >= 0.6 is 27.5 Å². The predicted octanol–water partition coefficient (Wildman–Crippen LogP) is 4.47. The molecule has 1 atom stereocenters. The molecule has 11 heteroatoms. The fraction of sp³-hybridized carbons (Fsp3) is 0.176. The smallest absolute Gasteiger partial charge is 0.264 e. The van der Waals surface area contributed by atoms with Crippen molar-refractivity contribution in [3.05, 3.63) is 57.7 Å². The first-order chi connectivity index (χ1) is 13.1. The number of halogens is 5. The van der Waals surface area contributed by atoms with Crippen molar-refractivity contribution in [2.45, 2.75) is 17.5 Å². The molecule has 2 N–H and O–H groups in total. The third-order valence-corrected chi connectivity index (χ3v) is 6.17. The Morgan fingerprint density at radius 1 is 1.21 bits per heavy atom. The molecular formula is C17H13BrClF3N2O3S. The highest BCUT2D eigenvalue weighted by Gasteiger charge is 2.24. The number of hydrogen-bond donors (Lipinski definition) is 2. The minimum Gasteiger partial charge on any atom is -0.389 e. The van der Waals surface area contributed by atoms with Gasteiger partial charge in [-0.1, -0.05) is 11.6 Å². The number of anilines is 1. The van der Waals surface area contributed by atoms with Gasteiger partial charge in [-0.3, -0.25) is 4.72 Å². The number of hydrogen-bond acceptors (Lipinski definition) is 3. The highest BCUT2D eigenvalue weighted by molar-refractivity contribution is 9.10. The summed E-state index contributed by atoms with van der Waals surface area (Å²) in [4.78, 5) is -0.257. The summed E-state index contributed by atoms with van der Waals surface area (Å²) in [7, 11) is -4.34. The van der Waals surface area contributed by atoms with Gasteiger partial charge in [0, 0.05) is 22.7 Å². The summed E-state index contributed by atoms with van der Waals surface area (Å²) in [6, 6.07) is 5.86. The van der Waals surface area contributed by atoms with Gasteiger partial charge < -0.3 is 9.67 Å². The molecule has 3 aromatic rings. The molecule has 0 aliphatic carbocycles. The van der Waals surface area contributed by atoms with Gasteiger partial charge in [-0.25, -0.2) is 21.6 Å². The molecule has 0 spiro atoms. The van der Waals surface area contributed by atoms with Gasteiger partial charge in [0.1, 0.15) is 29.3 Å². The highest BCUT2D eigenvalue weighted by Crippen LogP contribution is 2.31. The van der Waals surface area contributed by atoms with Crippen LogP contribution < -0.4 is 4.72 Å². The van der Waals surface area contributed by atoms with E-state index in [4.69, 9.17) is 11.6 Å². The number of fused-ring (bicyclic) bond motifs is 1. The fourth-order valence-corrected chi connectivity index (χ4v) is 4.44. The minimum absolute atomic E-state index is 0.153. The molecule has 1 heterocycles. The Balaban J connectivity index is 2.10. The lowest BCUT2D eigenvalue weighted by molar-refractivity contribution is 0.123. The van der Waals surface area contributed by atoms with Crippen molar-refractivity contribution in [1.29, 1.82) is 0 Å². The van der Waals surface area contributed by atoms with E-state index in [0.29, 0.717) is 16.6 Å². The summed E-state index contributed by atoms with van der Waals surface area (Å²) in [5.74, 6) is -1.82. The maximum Gasteiger partial charge on any atom is 0.264 e. The average Bonchev–Trinajstić information content (AvgIpc) is 2.98. The maximum absolute atomic E-state index is 14.0. The summed E-state index contributed by atoms with van der Waals surface area (Å²) in [5, 5.41) is 10.1. The van der Waals surface area contributed by atoms with E-state index in [2.05, 4.69) is 15.9 Å². The molecule has 2 aromatic carbocycles. The van der Waals surface area contributed by atoms with Gasteiger partial charge in [0.2, 0.25) is 0 Å². The molecule has 0 aliphatic heterocycles. The zero-order valence-corrected chi connectivity index (χ0v) is 17.1. The first-order valence-corrected chi connectivity index (χ1v) is 10.5. The quantitative estimate of drug-likeness (QED) is 0.494. The molecule has 0 saturated carbocycles. The number of rotatable bonds is 6. The SMILES string of the molecule is O=S(=O)(Nc1cc(F)c(Br)cc1F)c1cn(CC(O)CF)c2cc(Cl)ccc12. The lowest BCUT2D eigenvalue weighted by Gasteiger charge is -2.09. The molecule has 5 nitrogen and oxygen atoms in total. The van der Waals surface area contributed by atoms with Gasteiger partial charge in [-0.2, -0.15) is 0 Å². The number of benzene rings is 2. The summed E-state index contributed by atoms with van der Waals surface area (Å²) < 4.78 is 69.3. The summed E-state index contributed by atoms with van der Waals surface area (Å²) >= 11 is 8.77. The van der Waals surface area contributed by atoms with E-state index in [9.17, 15) is 26.7 Å². The van der Waals surface area contributed by atoms with Gasteiger partial charge in [0.15, 0.2) is 0 Å². The molecular weight excluding hydrogens is 485 g/mol. The van der Waals surface area contributed by atoms with Crippen molar-refractivity contribution in [1.82, 2.24) is 4.57 Å². The zero-order chi connectivity index (χ0) is 20.6. The van der Waals surface area contributed by atoms with Gasteiger partial charge in [0.25, 0.3) is 10.0 Å². The Morgan fingerprint density at radius 3 is 2.61 bits per heavy atom. The Hall–Kier alpha value is -1.75. The largest absolute Gasteiger partial charge is 0.389 e. The van der Waals surface area contributed by atoms with Crippen molar-refractivity contribution < 1.29 is 26.7 Å². The Kier molecular flexibility index (Phi) is 5.95. The molecule has 0 radical (unpaired) electrons. The number of nitrogens with one attached hydrogen (secondary N) is 1. The third kappa shape index (κ3) is 4.14. The van der Waals surface area contributed by atoms with Crippen LogP contribution in [0.25, 0.3) is 10.9 Å². The monoisotopic (exact) mass is 496 g/mol. The predicted molar refractivity (Wildman–Crippen MR) is 104 cm³/mol. The molecule has 0 fully saturated rings. The van der Waals surface area contributed by atoms with Gasteiger partial charge in [-0.05, 0) is 40.2 Å². The molecule has 0 saturated heterocycles. The first kappa shape index (κ1) is 21.0. The van der Waals surface area contributed by atoms with Crippen LogP contribution in [0.1, 0.15) is 0 Å². The number of aromatic nitrogens is 1. The normalized spacial score (nSPS) is 13.1. The first-order valence-electron chi connectivity index (χ1n) is 7.82. The van der Waals surface area contributed by atoms with Crippen molar-refractivity contribution in [3.8, 4) is 0 Å². The van der Waals surface area contributed by atoms with Gasteiger partial charge in [-0.15, -0.1) is 0 Å². The van der Waals surface area contributed by atoms with Crippen LogP contribution in [-0.2, 0) is 16.6 Å². The molecule has 1 aromatic heterocycles. The van der Waals surface area contributed by atoms with Crippen LogP contribution in [0, 0.1) is 11.6 Å². The zero-order valence-electron chi connectivity index (χ0n) is 14.0. The number of nitrogens with zero attached hydrogens (tertiary/aromatic N) is 1. The third-order valence-electron chi connectivity index (χ3n) is 3.94. The van der Waals surface area contributed by atoms with Crippen LogP contribution in [0.3, 0.4) is 0 Å². The number of aliphatic hydroxyl groups is 1. The molecule has 0 aliphatic rings. The molecule has 0 bridgehead atoms. The molecule has 0 amide bonds. The molecule has 150 valence electrons. The van der Waals surface area contributed by atoms with Crippen LogP contribution in [0.4, 0.5) is 18.9 Å². The van der Waals surface area contributed by atoms with Crippen LogP contribution in [-0.4, -0.2) is 30.9 Å². The van der Waals surface area contributed by atoms with Crippen LogP contribution in [0.2, 0.25) is 5.02 Å². The second-order valence-corrected chi connectivity index (χ2v) is 8.91. The lowest BCUT2D eigenvalue weighted by Crippen LogP contribution is -2.17. The molecule has 1 unspecified atom stereocenters. The Morgan fingerprint density at radius 2 is 1.93 bits per heavy atom. The maximum atomic E-state index is 14.0. The standard InChI is InChI=1S/C17H13BrClF3N2O3S/c18-12-4-14(22)15(5-13(12)21)23-28(26,27)17-8-24(7-10(25)6-20)16-3-9(19)1-2-11(16)17/h1-5,8,10,23,25H,6-7H2. The summed E-state index contributed by atoms with van der Waals surface area (Å²) in [6.45, 7) is -1.24. The Bertz CT molecular complexity index is 1150. The van der Waals surface area contributed by atoms with E-state index in [1.54, 1.807) is 0 Å². The van der Waals surface area contributed by atoms with E-state index < -0.39 is 40.1 Å². The number of sulfonamides is 1. The van der Waals surface area contributed by atoms with E-state index >= 15 is 0 Å². The van der Waals surface area contributed by atoms with Crippen molar-refractivity contribution in [3.63, 3.8) is 0 Å². The number of aliphatic hydroxyl groups excluding tert-OH is 1. The lowest BCUT2D eigenvalue weighted by atomic mass is 10.2. The molecule has 28 heavy (non-hydrogen) atoms. The molecule has 3 rings (SSSR count). The summed E-state index contributed by atoms with van der Waals surface area (Å²) in [6.07, 6.45) is -0.175. The van der Waals surface area contributed by atoms with Crippen LogP contribution in [0.5, 0.6) is 0 Å².